The van der Waals surface area contributed by atoms with Crippen LogP contribution in [0.3, 0.4) is 0 Å². The van der Waals surface area contributed by atoms with Crippen molar-refractivity contribution in [2.45, 2.75) is 63.1 Å². The summed E-state index contributed by atoms with van der Waals surface area (Å²) in [5.41, 5.74) is 2.14. The second kappa shape index (κ2) is 10.6. The molecule has 1 saturated heterocycles. The molecule has 2 aromatic heterocycles. The normalized spacial score (nSPS) is 17.7. The summed E-state index contributed by atoms with van der Waals surface area (Å²) in [6, 6.07) is 4.20. The number of piperidine rings is 1. The van der Waals surface area contributed by atoms with Crippen LogP contribution in [0.5, 0.6) is 0 Å². The van der Waals surface area contributed by atoms with Crippen LogP contribution in [0.15, 0.2) is 30.7 Å². The molecular formula is C21H26F3N5O3. The zero-order valence-electron chi connectivity index (χ0n) is 17.5. The van der Waals surface area contributed by atoms with Gasteiger partial charge in [0.2, 0.25) is 5.91 Å². The van der Waals surface area contributed by atoms with Gasteiger partial charge in [0.05, 0.1) is 18.2 Å². The fourth-order valence-electron chi connectivity index (χ4n) is 4.05. The van der Waals surface area contributed by atoms with Crippen LogP contribution in [0.2, 0.25) is 0 Å². The predicted octanol–water partition coefficient (Wildman–Crippen LogP) is 3.37. The van der Waals surface area contributed by atoms with Gasteiger partial charge >= 0.3 is 12.1 Å². The number of pyridine rings is 1. The summed E-state index contributed by atoms with van der Waals surface area (Å²) in [6.07, 6.45) is 8.03. The molecule has 3 heterocycles. The molecule has 1 saturated carbocycles. The van der Waals surface area contributed by atoms with E-state index in [1.54, 1.807) is 12.4 Å². The van der Waals surface area contributed by atoms with Crippen LogP contribution in [0, 0.1) is 0 Å². The van der Waals surface area contributed by atoms with E-state index in [9.17, 15) is 18.0 Å². The molecule has 0 atom stereocenters. The van der Waals surface area contributed by atoms with Gasteiger partial charge < -0.3 is 10.0 Å². The summed E-state index contributed by atoms with van der Waals surface area (Å²) in [7, 11) is 0. The second-order valence-corrected chi connectivity index (χ2v) is 8.06. The number of halogens is 3. The fraction of sp³-hybridized carbons (Fsp3) is 0.571. The largest absolute Gasteiger partial charge is 0.490 e. The molecule has 1 amide bonds. The number of amides is 1. The number of hydrogen-bond donors (Lipinski definition) is 1. The number of carboxylic acid groups (broad SMARTS) is 1. The molecule has 2 aliphatic rings. The first-order chi connectivity index (χ1) is 15.2. The van der Waals surface area contributed by atoms with Crippen molar-refractivity contribution in [3.8, 4) is 0 Å². The number of nitrogens with zero attached hydrogens (tertiary/aromatic N) is 5. The Labute approximate surface area is 183 Å². The summed E-state index contributed by atoms with van der Waals surface area (Å²) in [4.78, 5) is 27.4. The molecule has 32 heavy (non-hydrogen) atoms. The van der Waals surface area contributed by atoms with Crippen molar-refractivity contribution in [3.05, 3.63) is 42.0 Å². The Morgan fingerprint density at radius 2 is 1.78 bits per heavy atom. The molecule has 1 N–H and O–H groups in total. The molecular weight excluding hydrogens is 427 g/mol. The molecule has 0 radical (unpaired) electrons. The Bertz CT molecular complexity index is 890. The number of aromatic nitrogens is 4. The fourth-order valence-corrected chi connectivity index (χ4v) is 4.05. The van der Waals surface area contributed by atoms with Gasteiger partial charge in [-0.3, -0.25) is 9.78 Å². The van der Waals surface area contributed by atoms with Crippen molar-refractivity contribution >= 4 is 11.9 Å². The Kier molecular flexibility index (Phi) is 7.81. The molecule has 2 fully saturated rings. The average Bonchev–Trinajstić information content (AvgIpc) is 3.46. The van der Waals surface area contributed by atoms with Crippen LogP contribution in [0.25, 0.3) is 0 Å². The van der Waals surface area contributed by atoms with E-state index in [1.165, 1.54) is 25.7 Å². The predicted molar refractivity (Wildman–Crippen MR) is 108 cm³/mol. The van der Waals surface area contributed by atoms with Gasteiger partial charge in [-0.2, -0.15) is 13.2 Å². The third-order valence-electron chi connectivity index (χ3n) is 5.81. The quantitative estimate of drug-likeness (QED) is 0.762. The van der Waals surface area contributed by atoms with Crippen LogP contribution in [-0.4, -0.2) is 61.1 Å². The molecule has 174 valence electrons. The molecule has 0 bridgehead atoms. The highest BCUT2D eigenvalue weighted by Gasteiger charge is 2.38. The number of hydrogen-bond acceptors (Lipinski definition) is 5. The van der Waals surface area contributed by atoms with Crippen molar-refractivity contribution < 1.29 is 27.9 Å². The minimum Gasteiger partial charge on any atom is -0.475 e. The van der Waals surface area contributed by atoms with Gasteiger partial charge in [0, 0.05) is 37.6 Å². The van der Waals surface area contributed by atoms with E-state index >= 15 is 0 Å². The molecule has 0 aromatic carbocycles. The Morgan fingerprint density at radius 1 is 1.12 bits per heavy atom. The molecule has 11 heteroatoms. The molecule has 8 nitrogen and oxygen atoms in total. The highest BCUT2D eigenvalue weighted by Crippen LogP contribution is 2.33. The monoisotopic (exact) mass is 453 g/mol. The minimum atomic E-state index is -5.08. The Morgan fingerprint density at radius 3 is 2.34 bits per heavy atom. The van der Waals surface area contributed by atoms with Gasteiger partial charge in [0.15, 0.2) is 0 Å². The van der Waals surface area contributed by atoms with Crippen molar-refractivity contribution in [1.29, 1.82) is 0 Å². The van der Waals surface area contributed by atoms with Gasteiger partial charge in [-0.15, -0.1) is 5.10 Å². The Balaban J connectivity index is 0.000000360. The maximum atomic E-state index is 12.5. The molecule has 2 aromatic rings. The summed E-state index contributed by atoms with van der Waals surface area (Å²) >= 11 is 0. The average molecular weight is 453 g/mol. The van der Waals surface area contributed by atoms with E-state index in [0.29, 0.717) is 18.4 Å². The molecule has 0 spiro atoms. The zero-order valence-corrected chi connectivity index (χ0v) is 17.5. The van der Waals surface area contributed by atoms with Crippen molar-refractivity contribution in [2.75, 3.05) is 13.1 Å². The topological polar surface area (TPSA) is 101 Å². The van der Waals surface area contributed by atoms with Gasteiger partial charge in [-0.1, -0.05) is 24.1 Å². The van der Waals surface area contributed by atoms with E-state index in [0.717, 1.165) is 37.2 Å². The number of rotatable bonds is 4. The minimum absolute atomic E-state index is 0.191. The van der Waals surface area contributed by atoms with Crippen molar-refractivity contribution in [1.82, 2.24) is 24.9 Å². The second-order valence-electron chi connectivity index (χ2n) is 8.06. The first-order valence-corrected chi connectivity index (χ1v) is 10.6. The highest BCUT2D eigenvalue weighted by atomic mass is 19.4. The third-order valence-corrected chi connectivity index (χ3v) is 5.81. The maximum absolute atomic E-state index is 12.5. The lowest BCUT2D eigenvalue weighted by atomic mass is 10.0. The maximum Gasteiger partial charge on any atom is 0.490 e. The van der Waals surface area contributed by atoms with Crippen LogP contribution >= 0.6 is 0 Å². The van der Waals surface area contributed by atoms with Crippen LogP contribution in [0.4, 0.5) is 13.2 Å². The number of carbonyl (C=O) groups is 2. The lowest BCUT2D eigenvalue weighted by Crippen LogP contribution is -2.40. The SMILES string of the molecule is O=C(Cc1cccnc1)N1CCC(n2cc(C3CCCC3)nn2)CC1.O=C(O)C(F)(F)F. The van der Waals surface area contributed by atoms with Crippen LogP contribution in [-0.2, 0) is 16.0 Å². The summed E-state index contributed by atoms with van der Waals surface area (Å²) in [6.45, 7) is 1.59. The zero-order chi connectivity index (χ0) is 23.1. The van der Waals surface area contributed by atoms with E-state index < -0.39 is 12.1 Å². The van der Waals surface area contributed by atoms with E-state index in [1.807, 2.05) is 21.7 Å². The molecule has 1 aliphatic heterocycles. The van der Waals surface area contributed by atoms with Gasteiger partial charge in [0.1, 0.15) is 0 Å². The molecule has 0 unspecified atom stereocenters. The van der Waals surface area contributed by atoms with Crippen molar-refractivity contribution in [2.24, 2.45) is 0 Å². The number of carbonyl (C=O) groups excluding carboxylic acids is 1. The van der Waals surface area contributed by atoms with Gasteiger partial charge in [-0.25, -0.2) is 9.48 Å². The van der Waals surface area contributed by atoms with Crippen molar-refractivity contribution in [3.63, 3.8) is 0 Å². The summed E-state index contributed by atoms with van der Waals surface area (Å²) in [5.74, 6) is -1.96. The lowest BCUT2D eigenvalue weighted by molar-refractivity contribution is -0.192. The van der Waals surface area contributed by atoms with E-state index in [4.69, 9.17) is 9.90 Å². The number of likely N-dealkylation sites (tertiary alicyclic amines) is 1. The van der Waals surface area contributed by atoms with E-state index in [2.05, 4.69) is 21.5 Å². The third kappa shape index (κ3) is 6.51. The first-order valence-electron chi connectivity index (χ1n) is 10.6. The van der Waals surface area contributed by atoms with Gasteiger partial charge in [-0.05, 0) is 37.3 Å². The standard InChI is InChI=1S/C19H25N5O.C2HF3O2/c25-19(12-15-4-3-9-20-13-15)23-10-7-17(8-11-23)24-14-18(21-22-24)16-5-1-2-6-16;3-2(4,5)1(6)7/h3-4,9,13-14,16-17H,1-2,5-8,10-12H2;(H,6,7). The number of aliphatic carboxylic acids is 1. The Hall–Kier alpha value is -2.98. The number of alkyl halides is 3. The highest BCUT2D eigenvalue weighted by molar-refractivity contribution is 5.78. The summed E-state index contributed by atoms with van der Waals surface area (Å²) < 4.78 is 33.8. The summed E-state index contributed by atoms with van der Waals surface area (Å²) in [5, 5.41) is 15.9. The smallest absolute Gasteiger partial charge is 0.475 e. The number of carboxylic acids is 1. The van der Waals surface area contributed by atoms with Gasteiger partial charge in [0.25, 0.3) is 0 Å². The van der Waals surface area contributed by atoms with Crippen LogP contribution in [0.1, 0.15) is 61.7 Å². The molecule has 4 rings (SSSR count). The van der Waals surface area contributed by atoms with Crippen LogP contribution < -0.4 is 0 Å². The molecule has 1 aliphatic carbocycles. The van der Waals surface area contributed by atoms with E-state index in [-0.39, 0.29) is 5.91 Å². The lowest BCUT2D eigenvalue weighted by Gasteiger charge is -2.32. The first kappa shape index (κ1) is 23.7.